The van der Waals surface area contributed by atoms with Gasteiger partial charge in [-0.1, -0.05) is 29.8 Å². The molecule has 24 heavy (non-hydrogen) atoms. The Morgan fingerprint density at radius 2 is 1.88 bits per heavy atom. The van der Waals surface area contributed by atoms with Gasteiger partial charge in [0.15, 0.2) is 0 Å². The van der Waals surface area contributed by atoms with Gasteiger partial charge in [-0.25, -0.2) is 4.99 Å². The van der Waals surface area contributed by atoms with Gasteiger partial charge in [-0.3, -0.25) is 0 Å². The lowest BCUT2D eigenvalue weighted by Crippen LogP contribution is -2.13. The van der Waals surface area contributed by atoms with Crippen LogP contribution in [-0.2, 0) is 0 Å². The molecule has 0 aliphatic carbocycles. The molecule has 0 heterocycles. The number of alkyl halides is 3. The second-order valence-corrected chi connectivity index (χ2v) is 6.77. The third-order valence-electron chi connectivity index (χ3n) is 3.25. The molecule has 2 nitrogen and oxygen atoms in total. The number of aryl methyl sites for hydroxylation is 2. The van der Waals surface area contributed by atoms with Crippen molar-refractivity contribution in [1.82, 2.24) is 0 Å². The SMILES string of the molecule is Cc1cc(C)c(SCC(F)(F)F)cc1/N=C(\N)c1cccc(Cl)c1. The van der Waals surface area contributed by atoms with E-state index < -0.39 is 11.9 Å². The Labute approximate surface area is 147 Å². The van der Waals surface area contributed by atoms with Crippen molar-refractivity contribution < 1.29 is 13.2 Å². The number of nitrogens with zero attached hydrogens (tertiary/aromatic N) is 1. The first-order valence-corrected chi connectivity index (χ1v) is 8.43. The van der Waals surface area contributed by atoms with Crippen LogP contribution in [0.5, 0.6) is 0 Å². The summed E-state index contributed by atoms with van der Waals surface area (Å²) in [5, 5.41) is 0.535. The smallest absolute Gasteiger partial charge is 0.383 e. The lowest BCUT2D eigenvalue weighted by atomic mass is 10.1. The van der Waals surface area contributed by atoms with Gasteiger partial charge < -0.3 is 5.73 Å². The fraction of sp³-hybridized carbons (Fsp3) is 0.235. The van der Waals surface area contributed by atoms with E-state index in [9.17, 15) is 13.2 Å². The minimum atomic E-state index is -4.22. The molecule has 0 amide bonds. The second kappa shape index (κ2) is 7.49. The van der Waals surface area contributed by atoms with Crippen molar-refractivity contribution in [2.24, 2.45) is 10.7 Å². The number of nitrogens with two attached hydrogens (primary N) is 1. The topological polar surface area (TPSA) is 38.4 Å². The molecule has 0 bridgehead atoms. The van der Waals surface area contributed by atoms with Gasteiger partial charge in [-0.05, 0) is 43.2 Å². The zero-order valence-corrected chi connectivity index (χ0v) is 14.7. The maximum atomic E-state index is 12.4. The third kappa shape index (κ3) is 5.18. The highest BCUT2D eigenvalue weighted by atomic mass is 35.5. The first-order chi connectivity index (χ1) is 11.2. The summed E-state index contributed by atoms with van der Waals surface area (Å²) in [5.74, 6) is -0.680. The lowest BCUT2D eigenvalue weighted by Gasteiger charge is -2.11. The molecule has 128 valence electrons. The largest absolute Gasteiger partial charge is 0.398 e. The molecule has 0 aliphatic heterocycles. The molecule has 0 saturated heterocycles. The zero-order chi connectivity index (χ0) is 17.9. The molecular formula is C17H16ClF3N2S. The summed E-state index contributed by atoms with van der Waals surface area (Å²) in [5.41, 5.74) is 8.83. The number of rotatable bonds is 4. The van der Waals surface area contributed by atoms with Gasteiger partial charge in [-0.2, -0.15) is 13.2 Å². The summed E-state index contributed by atoms with van der Waals surface area (Å²) in [6.07, 6.45) is -4.22. The highest BCUT2D eigenvalue weighted by molar-refractivity contribution is 7.99. The molecule has 0 atom stereocenters. The monoisotopic (exact) mass is 372 g/mol. The molecule has 7 heteroatoms. The van der Waals surface area contributed by atoms with Crippen LogP contribution >= 0.6 is 23.4 Å². The van der Waals surface area contributed by atoms with Crippen molar-refractivity contribution in [3.63, 3.8) is 0 Å². The number of amidine groups is 1. The van der Waals surface area contributed by atoms with E-state index in [-0.39, 0.29) is 5.84 Å². The standard InChI is InChI=1S/C17H16ClF3N2S/c1-10-6-11(2)15(24-9-17(19,20)21)8-14(10)23-16(22)12-4-3-5-13(18)7-12/h3-8H,9H2,1-2H3,(H2,22,23). The van der Waals surface area contributed by atoms with E-state index in [0.717, 1.165) is 22.9 Å². The van der Waals surface area contributed by atoms with E-state index in [1.807, 2.05) is 13.0 Å². The van der Waals surface area contributed by atoms with Gasteiger partial charge >= 0.3 is 6.18 Å². The van der Waals surface area contributed by atoms with Crippen molar-refractivity contribution in [3.8, 4) is 0 Å². The van der Waals surface area contributed by atoms with E-state index in [1.165, 1.54) is 0 Å². The van der Waals surface area contributed by atoms with Gasteiger partial charge in [0, 0.05) is 15.5 Å². The minimum Gasteiger partial charge on any atom is -0.383 e. The molecule has 0 unspecified atom stereocenters. The minimum absolute atomic E-state index is 0.260. The highest BCUT2D eigenvalue weighted by Gasteiger charge is 2.27. The van der Waals surface area contributed by atoms with Gasteiger partial charge in [0.25, 0.3) is 0 Å². The predicted molar refractivity (Wildman–Crippen MR) is 94.5 cm³/mol. The number of thioether (sulfide) groups is 1. The zero-order valence-electron chi connectivity index (χ0n) is 13.1. The Kier molecular flexibility index (Phi) is 5.83. The molecule has 0 saturated carbocycles. The van der Waals surface area contributed by atoms with Crippen LogP contribution in [0.4, 0.5) is 18.9 Å². The number of hydrogen-bond acceptors (Lipinski definition) is 2. The maximum absolute atomic E-state index is 12.4. The molecule has 2 rings (SSSR count). The fourth-order valence-electron chi connectivity index (χ4n) is 2.10. The van der Waals surface area contributed by atoms with Gasteiger partial charge in [0.1, 0.15) is 5.84 Å². The second-order valence-electron chi connectivity index (χ2n) is 5.32. The number of benzene rings is 2. The summed E-state index contributed by atoms with van der Waals surface area (Å²) in [4.78, 5) is 4.89. The molecular weight excluding hydrogens is 357 g/mol. The molecule has 2 N–H and O–H groups in total. The summed E-state index contributed by atoms with van der Waals surface area (Å²) < 4.78 is 37.3. The van der Waals surface area contributed by atoms with Crippen LogP contribution in [0.3, 0.4) is 0 Å². The van der Waals surface area contributed by atoms with Gasteiger partial charge in [-0.15, -0.1) is 11.8 Å². The Morgan fingerprint density at radius 1 is 1.17 bits per heavy atom. The Bertz CT molecular complexity index is 773. The van der Waals surface area contributed by atoms with Gasteiger partial charge in [0.2, 0.25) is 0 Å². The quantitative estimate of drug-likeness (QED) is 0.428. The Hall–Kier alpha value is -1.66. The van der Waals surface area contributed by atoms with Crippen LogP contribution in [0, 0.1) is 13.8 Å². The predicted octanol–water partition coefficient (Wildman–Crippen LogP) is 5.65. The van der Waals surface area contributed by atoms with Crippen molar-refractivity contribution in [2.75, 3.05) is 5.75 Å². The molecule has 0 aromatic heterocycles. The average Bonchev–Trinajstić information content (AvgIpc) is 2.47. The maximum Gasteiger partial charge on any atom is 0.398 e. The van der Waals surface area contributed by atoms with E-state index in [4.69, 9.17) is 17.3 Å². The summed E-state index contributed by atoms with van der Waals surface area (Å²) >= 11 is 6.68. The van der Waals surface area contributed by atoms with Crippen LogP contribution in [0.25, 0.3) is 0 Å². The summed E-state index contributed by atoms with van der Waals surface area (Å²) in [6.45, 7) is 3.62. The van der Waals surface area contributed by atoms with Crippen LogP contribution in [0.2, 0.25) is 5.02 Å². The number of aliphatic imine (C=N–C) groups is 1. The van der Waals surface area contributed by atoms with Crippen LogP contribution in [0.1, 0.15) is 16.7 Å². The molecule has 0 spiro atoms. The lowest BCUT2D eigenvalue weighted by molar-refractivity contribution is -0.105. The van der Waals surface area contributed by atoms with E-state index >= 15 is 0 Å². The van der Waals surface area contributed by atoms with Crippen molar-refractivity contribution in [1.29, 1.82) is 0 Å². The molecule has 0 aliphatic rings. The van der Waals surface area contributed by atoms with Crippen molar-refractivity contribution in [2.45, 2.75) is 24.9 Å². The number of hydrogen-bond donors (Lipinski definition) is 1. The van der Waals surface area contributed by atoms with Gasteiger partial charge in [0.05, 0.1) is 11.4 Å². The molecule has 2 aromatic rings. The molecule has 2 aromatic carbocycles. The van der Waals surface area contributed by atoms with E-state index in [1.54, 1.807) is 37.3 Å². The van der Waals surface area contributed by atoms with Crippen molar-refractivity contribution in [3.05, 3.63) is 58.1 Å². The molecule has 0 fully saturated rings. The normalized spacial score (nSPS) is 12.5. The fourth-order valence-corrected chi connectivity index (χ4v) is 3.09. The van der Waals surface area contributed by atoms with E-state index in [2.05, 4.69) is 4.99 Å². The van der Waals surface area contributed by atoms with Crippen molar-refractivity contribution >= 4 is 34.9 Å². The highest BCUT2D eigenvalue weighted by Crippen LogP contribution is 2.33. The van der Waals surface area contributed by atoms with Crippen LogP contribution in [-0.4, -0.2) is 17.8 Å². The Morgan fingerprint density at radius 3 is 2.50 bits per heavy atom. The summed E-state index contributed by atoms with van der Waals surface area (Å²) in [6, 6.07) is 10.4. The average molecular weight is 373 g/mol. The number of halogens is 4. The van der Waals surface area contributed by atoms with Crippen LogP contribution in [0.15, 0.2) is 46.3 Å². The third-order valence-corrected chi connectivity index (χ3v) is 4.70. The first-order valence-electron chi connectivity index (χ1n) is 7.06. The van der Waals surface area contributed by atoms with E-state index in [0.29, 0.717) is 21.2 Å². The first kappa shape index (κ1) is 18.7. The van der Waals surface area contributed by atoms with Crippen LogP contribution < -0.4 is 5.73 Å². The Balaban J connectivity index is 2.34. The summed E-state index contributed by atoms with van der Waals surface area (Å²) in [7, 11) is 0. The molecule has 0 radical (unpaired) electrons.